The quantitative estimate of drug-likeness (QED) is 0.195. The second kappa shape index (κ2) is 10.6. The van der Waals surface area contributed by atoms with E-state index < -0.39 is 0 Å². The Balaban J connectivity index is 1.08. The highest BCUT2D eigenvalue weighted by molar-refractivity contribution is 6.12. The molecule has 0 saturated heterocycles. The van der Waals surface area contributed by atoms with Crippen LogP contribution in [0.15, 0.2) is 168 Å². The number of anilines is 3. The van der Waals surface area contributed by atoms with Crippen molar-refractivity contribution in [2.24, 2.45) is 0 Å². The van der Waals surface area contributed by atoms with E-state index in [1.807, 2.05) is 12.1 Å². The monoisotopic (exact) mass is 603 g/mol. The molecule has 0 N–H and O–H groups in total. The number of hydrogen-bond donors (Lipinski definition) is 0. The van der Waals surface area contributed by atoms with E-state index in [1.54, 1.807) is 0 Å². The van der Waals surface area contributed by atoms with Gasteiger partial charge in [-0.1, -0.05) is 123 Å². The van der Waals surface area contributed by atoms with Crippen LogP contribution in [-0.2, 0) is 5.41 Å². The summed E-state index contributed by atoms with van der Waals surface area (Å²) in [5, 5.41) is 2.30. The molecule has 0 fully saturated rings. The standard InChI is InChI=1S/C45H33NO/c1-45(2)40-16-8-6-13-37(40)39-29-32(23-28-41(39)45)30-19-24-34(25-20-30)46(33-11-4-3-5-12-33)35-26-21-31(22-27-35)36-15-10-18-43-44(36)38-14-7-9-17-42(38)47-43/h3-29H,1-2H3. The Morgan fingerprint density at radius 3 is 1.79 bits per heavy atom. The number of benzene rings is 7. The van der Waals surface area contributed by atoms with Crippen LogP contribution in [-0.4, -0.2) is 0 Å². The maximum atomic E-state index is 6.17. The topological polar surface area (TPSA) is 16.4 Å². The zero-order chi connectivity index (χ0) is 31.5. The van der Waals surface area contributed by atoms with Crippen LogP contribution < -0.4 is 4.90 Å². The first-order valence-electron chi connectivity index (χ1n) is 16.3. The van der Waals surface area contributed by atoms with Gasteiger partial charge in [0.05, 0.1) is 0 Å². The molecule has 47 heavy (non-hydrogen) atoms. The van der Waals surface area contributed by atoms with Crippen molar-refractivity contribution in [3.63, 3.8) is 0 Å². The van der Waals surface area contributed by atoms with Crippen molar-refractivity contribution >= 4 is 39.0 Å². The van der Waals surface area contributed by atoms with Gasteiger partial charge in [-0.05, 0) is 99.1 Å². The average Bonchev–Trinajstić information content (AvgIpc) is 3.62. The summed E-state index contributed by atoms with van der Waals surface area (Å²) in [4.78, 5) is 2.32. The lowest BCUT2D eigenvalue weighted by Gasteiger charge is -2.26. The van der Waals surface area contributed by atoms with Crippen molar-refractivity contribution in [2.75, 3.05) is 4.90 Å². The Kier molecular flexibility index (Phi) is 6.20. The van der Waals surface area contributed by atoms with E-state index in [1.165, 1.54) is 38.9 Å². The number of fused-ring (bicyclic) bond motifs is 6. The molecule has 1 aliphatic rings. The van der Waals surface area contributed by atoms with E-state index in [0.29, 0.717) is 0 Å². The third-order valence-electron chi connectivity index (χ3n) is 9.90. The molecule has 2 heteroatoms. The fourth-order valence-corrected chi connectivity index (χ4v) is 7.53. The van der Waals surface area contributed by atoms with E-state index in [0.717, 1.165) is 44.6 Å². The summed E-state index contributed by atoms with van der Waals surface area (Å²) in [6.07, 6.45) is 0. The molecule has 1 aliphatic carbocycles. The van der Waals surface area contributed by atoms with Gasteiger partial charge in [0, 0.05) is 33.2 Å². The molecule has 0 spiro atoms. The van der Waals surface area contributed by atoms with Crippen LogP contribution in [0.2, 0.25) is 0 Å². The number of rotatable bonds is 5. The minimum Gasteiger partial charge on any atom is -0.456 e. The summed E-state index contributed by atoms with van der Waals surface area (Å²) in [5.41, 5.74) is 15.5. The molecule has 0 amide bonds. The largest absolute Gasteiger partial charge is 0.456 e. The molecule has 1 heterocycles. The predicted molar refractivity (Wildman–Crippen MR) is 197 cm³/mol. The molecule has 224 valence electrons. The minimum absolute atomic E-state index is 0.0128. The fourth-order valence-electron chi connectivity index (χ4n) is 7.53. The fraction of sp³-hybridized carbons (Fsp3) is 0.0667. The maximum absolute atomic E-state index is 6.17. The zero-order valence-electron chi connectivity index (χ0n) is 26.4. The van der Waals surface area contributed by atoms with Crippen molar-refractivity contribution in [1.29, 1.82) is 0 Å². The first-order chi connectivity index (χ1) is 23.1. The third-order valence-corrected chi connectivity index (χ3v) is 9.90. The molecule has 0 unspecified atom stereocenters. The van der Waals surface area contributed by atoms with Gasteiger partial charge in [0.25, 0.3) is 0 Å². The highest BCUT2D eigenvalue weighted by atomic mass is 16.3. The van der Waals surface area contributed by atoms with Crippen LogP contribution in [0.3, 0.4) is 0 Å². The number of furan rings is 1. The van der Waals surface area contributed by atoms with E-state index in [2.05, 4.69) is 170 Å². The lowest BCUT2D eigenvalue weighted by Crippen LogP contribution is -2.14. The van der Waals surface area contributed by atoms with E-state index in [4.69, 9.17) is 4.42 Å². The van der Waals surface area contributed by atoms with Gasteiger partial charge in [-0.2, -0.15) is 0 Å². The van der Waals surface area contributed by atoms with E-state index in [9.17, 15) is 0 Å². The summed E-state index contributed by atoms with van der Waals surface area (Å²) < 4.78 is 6.17. The third kappa shape index (κ3) is 4.40. The molecule has 9 rings (SSSR count). The summed E-state index contributed by atoms with van der Waals surface area (Å²) >= 11 is 0. The molecule has 8 aromatic rings. The minimum atomic E-state index is 0.0128. The van der Waals surface area contributed by atoms with Crippen LogP contribution in [0.4, 0.5) is 17.1 Å². The van der Waals surface area contributed by atoms with Crippen molar-refractivity contribution in [2.45, 2.75) is 19.3 Å². The average molecular weight is 604 g/mol. The smallest absolute Gasteiger partial charge is 0.136 e. The van der Waals surface area contributed by atoms with Gasteiger partial charge in [-0.25, -0.2) is 0 Å². The Bertz CT molecular complexity index is 2410. The molecular weight excluding hydrogens is 571 g/mol. The van der Waals surface area contributed by atoms with Gasteiger partial charge in [0.1, 0.15) is 11.2 Å². The first kappa shape index (κ1) is 27.5. The van der Waals surface area contributed by atoms with Crippen LogP contribution in [0.5, 0.6) is 0 Å². The Morgan fingerprint density at radius 1 is 0.426 bits per heavy atom. The number of hydrogen-bond acceptors (Lipinski definition) is 2. The van der Waals surface area contributed by atoms with Gasteiger partial charge >= 0.3 is 0 Å². The summed E-state index contributed by atoms with van der Waals surface area (Å²) in [6, 6.07) is 58.8. The Labute approximate surface area is 275 Å². The molecule has 2 nitrogen and oxygen atoms in total. The lowest BCUT2D eigenvalue weighted by atomic mass is 9.82. The van der Waals surface area contributed by atoms with Crippen molar-refractivity contribution in [3.05, 3.63) is 175 Å². The van der Waals surface area contributed by atoms with Crippen molar-refractivity contribution in [1.82, 2.24) is 0 Å². The summed E-state index contributed by atoms with van der Waals surface area (Å²) in [6.45, 7) is 4.66. The second-order valence-corrected chi connectivity index (χ2v) is 13.0. The maximum Gasteiger partial charge on any atom is 0.136 e. The molecule has 1 aromatic heterocycles. The van der Waals surface area contributed by atoms with Crippen LogP contribution in [0.25, 0.3) is 55.3 Å². The van der Waals surface area contributed by atoms with Crippen molar-refractivity contribution < 1.29 is 4.42 Å². The molecular formula is C45H33NO. The molecule has 7 aromatic carbocycles. The molecule has 0 radical (unpaired) electrons. The van der Waals surface area contributed by atoms with Crippen LogP contribution in [0.1, 0.15) is 25.0 Å². The predicted octanol–water partition coefficient (Wildman–Crippen LogP) is 12.7. The van der Waals surface area contributed by atoms with Gasteiger partial charge in [-0.15, -0.1) is 0 Å². The summed E-state index contributed by atoms with van der Waals surface area (Å²) in [5.74, 6) is 0. The molecule has 0 atom stereocenters. The van der Waals surface area contributed by atoms with Crippen LogP contribution in [0, 0.1) is 0 Å². The van der Waals surface area contributed by atoms with Gasteiger partial charge in [0.15, 0.2) is 0 Å². The normalized spacial score (nSPS) is 13.1. The summed E-state index contributed by atoms with van der Waals surface area (Å²) in [7, 11) is 0. The van der Waals surface area contributed by atoms with Crippen LogP contribution >= 0.6 is 0 Å². The van der Waals surface area contributed by atoms with Gasteiger partial charge < -0.3 is 9.32 Å². The highest BCUT2D eigenvalue weighted by Gasteiger charge is 2.35. The van der Waals surface area contributed by atoms with E-state index >= 15 is 0 Å². The highest BCUT2D eigenvalue weighted by Crippen LogP contribution is 2.49. The molecule has 0 aliphatic heterocycles. The number of para-hydroxylation sites is 2. The molecule has 0 saturated carbocycles. The van der Waals surface area contributed by atoms with Gasteiger partial charge in [-0.3, -0.25) is 0 Å². The lowest BCUT2D eigenvalue weighted by molar-refractivity contribution is 0.660. The first-order valence-corrected chi connectivity index (χ1v) is 16.3. The number of nitrogens with zero attached hydrogens (tertiary/aromatic N) is 1. The second-order valence-electron chi connectivity index (χ2n) is 13.0. The zero-order valence-corrected chi connectivity index (χ0v) is 26.4. The van der Waals surface area contributed by atoms with Crippen molar-refractivity contribution in [3.8, 4) is 33.4 Å². The molecule has 0 bridgehead atoms. The Hall–Kier alpha value is -5.86. The SMILES string of the molecule is CC1(C)c2ccccc2-c2cc(-c3ccc(N(c4ccccc4)c4ccc(-c5cccc6oc7ccccc7c56)cc4)cc3)ccc21. The van der Waals surface area contributed by atoms with E-state index in [-0.39, 0.29) is 5.41 Å². The van der Waals surface area contributed by atoms with Gasteiger partial charge in [0.2, 0.25) is 0 Å². The Morgan fingerprint density at radius 2 is 1.00 bits per heavy atom.